The number of halogens is 2. The van der Waals surface area contributed by atoms with E-state index in [0.29, 0.717) is 11.3 Å². The van der Waals surface area contributed by atoms with E-state index in [1.807, 2.05) is 18.2 Å². The molecule has 26 heavy (non-hydrogen) atoms. The fourth-order valence-electron chi connectivity index (χ4n) is 3.96. The summed E-state index contributed by atoms with van der Waals surface area (Å²) in [4.78, 5) is 12.2. The molecular weight excluding hydrogens is 338 g/mol. The minimum absolute atomic E-state index is 0.111. The molecule has 0 aromatic heterocycles. The molecule has 0 bridgehead atoms. The Morgan fingerprint density at radius 2 is 1.92 bits per heavy atom. The van der Waals surface area contributed by atoms with Gasteiger partial charge in [0.25, 0.3) is 0 Å². The highest BCUT2D eigenvalue weighted by atomic mass is 19.1. The molecule has 0 saturated carbocycles. The van der Waals surface area contributed by atoms with Crippen molar-refractivity contribution in [3.63, 3.8) is 0 Å². The van der Waals surface area contributed by atoms with Crippen LogP contribution in [-0.4, -0.2) is 23.7 Å². The van der Waals surface area contributed by atoms with E-state index >= 15 is 0 Å². The van der Waals surface area contributed by atoms with Crippen molar-refractivity contribution in [3.05, 3.63) is 64.7 Å². The van der Waals surface area contributed by atoms with Crippen molar-refractivity contribution in [1.29, 1.82) is 0 Å². The quantitative estimate of drug-likeness (QED) is 0.820. The summed E-state index contributed by atoms with van der Waals surface area (Å²) in [5, 5.41) is 5.89. The third kappa shape index (κ3) is 2.66. The maximum atomic E-state index is 13.8. The van der Waals surface area contributed by atoms with E-state index < -0.39 is 17.7 Å². The van der Waals surface area contributed by atoms with Gasteiger partial charge in [-0.2, -0.15) is 5.10 Å². The van der Waals surface area contributed by atoms with Gasteiger partial charge in [-0.15, -0.1) is 0 Å². The third-order valence-corrected chi connectivity index (χ3v) is 5.08. The molecule has 2 aromatic carbocycles. The number of hydrogen-bond donors (Lipinski definition) is 0. The Labute approximate surface area is 150 Å². The van der Waals surface area contributed by atoms with Gasteiger partial charge in [-0.1, -0.05) is 6.07 Å². The molecule has 1 aliphatic heterocycles. The number of amides is 1. The summed E-state index contributed by atoms with van der Waals surface area (Å²) in [5.41, 5.74) is 3.27. The molecule has 0 unspecified atom stereocenters. The Bertz CT molecular complexity index is 906. The highest BCUT2D eigenvalue weighted by Crippen LogP contribution is 2.44. The smallest absolute Gasteiger partial charge is 0.240 e. The monoisotopic (exact) mass is 356 g/mol. The Morgan fingerprint density at radius 1 is 1.19 bits per heavy atom. The topological polar surface area (TPSA) is 41.9 Å². The molecule has 0 saturated heterocycles. The van der Waals surface area contributed by atoms with Crippen LogP contribution in [-0.2, 0) is 11.2 Å². The van der Waals surface area contributed by atoms with Gasteiger partial charge in [-0.3, -0.25) is 4.79 Å². The lowest BCUT2D eigenvalue weighted by atomic mass is 9.77. The lowest BCUT2D eigenvalue weighted by Crippen LogP contribution is -2.31. The summed E-state index contributed by atoms with van der Waals surface area (Å²) in [6.07, 6.45) is 1.56. The number of aryl methyl sites for hydroxylation is 1. The molecule has 4 nitrogen and oxygen atoms in total. The summed E-state index contributed by atoms with van der Waals surface area (Å²) < 4.78 is 32.9. The first-order valence-electron chi connectivity index (χ1n) is 8.49. The van der Waals surface area contributed by atoms with Crippen LogP contribution >= 0.6 is 0 Å². The van der Waals surface area contributed by atoms with Crippen molar-refractivity contribution < 1.29 is 18.3 Å². The zero-order valence-electron chi connectivity index (χ0n) is 14.5. The summed E-state index contributed by atoms with van der Waals surface area (Å²) >= 11 is 0. The number of rotatable bonds is 2. The lowest BCUT2D eigenvalue weighted by molar-refractivity contribution is -0.131. The molecule has 1 amide bonds. The van der Waals surface area contributed by atoms with Gasteiger partial charge in [-0.05, 0) is 48.2 Å². The van der Waals surface area contributed by atoms with E-state index in [-0.39, 0.29) is 11.8 Å². The minimum Gasteiger partial charge on any atom is -0.497 e. The first kappa shape index (κ1) is 16.7. The fraction of sp³-hybridized carbons (Fsp3) is 0.300. The van der Waals surface area contributed by atoms with Gasteiger partial charge in [0.2, 0.25) is 5.91 Å². The van der Waals surface area contributed by atoms with Crippen LogP contribution in [0.1, 0.15) is 36.1 Å². The van der Waals surface area contributed by atoms with Crippen LogP contribution in [0.4, 0.5) is 8.78 Å². The molecule has 134 valence electrons. The van der Waals surface area contributed by atoms with Crippen molar-refractivity contribution in [2.45, 2.75) is 25.8 Å². The van der Waals surface area contributed by atoms with E-state index in [9.17, 15) is 13.6 Å². The van der Waals surface area contributed by atoms with E-state index in [2.05, 4.69) is 5.10 Å². The van der Waals surface area contributed by atoms with Crippen molar-refractivity contribution in [2.24, 2.45) is 11.0 Å². The molecule has 0 N–H and O–H groups in total. The first-order valence-corrected chi connectivity index (χ1v) is 8.49. The maximum absolute atomic E-state index is 13.8. The van der Waals surface area contributed by atoms with Gasteiger partial charge in [0, 0.05) is 24.5 Å². The van der Waals surface area contributed by atoms with Gasteiger partial charge in [0.1, 0.15) is 17.4 Å². The second-order valence-corrected chi connectivity index (χ2v) is 6.66. The average Bonchev–Trinajstić information content (AvgIpc) is 3.00. The van der Waals surface area contributed by atoms with Gasteiger partial charge in [0.05, 0.1) is 18.9 Å². The Balaban J connectivity index is 1.83. The van der Waals surface area contributed by atoms with Crippen LogP contribution in [0.2, 0.25) is 0 Å². The van der Waals surface area contributed by atoms with Crippen molar-refractivity contribution in [3.8, 4) is 5.75 Å². The second-order valence-electron chi connectivity index (χ2n) is 6.66. The van der Waals surface area contributed by atoms with E-state index in [4.69, 9.17) is 4.74 Å². The highest BCUT2D eigenvalue weighted by Gasteiger charge is 2.43. The number of ether oxygens (including phenoxy) is 1. The minimum atomic E-state index is -0.658. The number of methoxy groups -OCH3 is 1. The van der Waals surface area contributed by atoms with Gasteiger partial charge >= 0.3 is 0 Å². The predicted octanol–water partition coefficient (Wildman–Crippen LogP) is 3.84. The molecule has 1 heterocycles. The normalized spacial score (nSPS) is 21.1. The van der Waals surface area contributed by atoms with E-state index in [0.717, 1.165) is 35.7 Å². The molecule has 1 aliphatic carbocycles. The molecule has 0 fully saturated rings. The summed E-state index contributed by atoms with van der Waals surface area (Å²) in [6.45, 7) is 1.41. The standard InChI is InChI=1S/C20H18F2N2O2/c1-11(25)24-20(13-7-14(21)9-15(22)8-13)17-6-4-12-3-5-16(26-2)10-18(12)19(17)23-24/h3,5,7-10,17,20H,4,6H2,1-2H3/t17-,20+/m1/s1. The molecule has 2 aliphatic rings. The largest absolute Gasteiger partial charge is 0.497 e. The van der Waals surface area contributed by atoms with Crippen LogP contribution in [0.25, 0.3) is 0 Å². The maximum Gasteiger partial charge on any atom is 0.240 e. The van der Waals surface area contributed by atoms with E-state index in [1.54, 1.807) is 7.11 Å². The van der Waals surface area contributed by atoms with Crippen LogP contribution < -0.4 is 4.74 Å². The molecule has 2 atom stereocenters. The molecule has 0 spiro atoms. The number of fused-ring (bicyclic) bond motifs is 3. The Kier molecular flexibility index (Phi) is 3.98. The average molecular weight is 356 g/mol. The molecule has 2 aromatic rings. The Morgan fingerprint density at radius 3 is 2.58 bits per heavy atom. The number of carbonyl (C=O) groups is 1. The fourth-order valence-corrected chi connectivity index (χ4v) is 3.96. The third-order valence-electron chi connectivity index (χ3n) is 5.08. The molecule has 4 rings (SSSR count). The SMILES string of the molecule is COc1ccc2c(c1)C1=NN(C(C)=O)[C@@H](c3cc(F)cc(F)c3)[C@@H]1CC2. The number of benzene rings is 2. The Hall–Kier alpha value is -2.76. The van der Waals surface area contributed by atoms with Crippen molar-refractivity contribution >= 4 is 11.6 Å². The first-order chi connectivity index (χ1) is 12.5. The zero-order chi connectivity index (χ0) is 18.4. The van der Waals surface area contributed by atoms with Crippen LogP contribution in [0, 0.1) is 17.6 Å². The lowest BCUT2D eigenvalue weighted by Gasteiger charge is -2.29. The van der Waals surface area contributed by atoms with Gasteiger partial charge in [0.15, 0.2) is 0 Å². The van der Waals surface area contributed by atoms with Crippen molar-refractivity contribution in [2.75, 3.05) is 7.11 Å². The van der Waals surface area contributed by atoms with Gasteiger partial charge < -0.3 is 4.74 Å². The predicted molar refractivity (Wildman–Crippen MR) is 93.0 cm³/mol. The number of nitrogens with zero attached hydrogens (tertiary/aromatic N) is 2. The second kappa shape index (κ2) is 6.20. The van der Waals surface area contributed by atoms with Crippen LogP contribution in [0.5, 0.6) is 5.75 Å². The summed E-state index contributed by atoms with van der Waals surface area (Å²) in [5.74, 6) is -0.975. The van der Waals surface area contributed by atoms with Crippen molar-refractivity contribution in [1.82, 2.24) is 5.01 Å². The number of hydrazone groups is 1. The highest BCUT2D eigenvalue weighted by molar-refractivity contribution is 6.07. The summed E-state index contributed by atoms with van der Waals surface area (Å²) in [7, 11) is 1.60. The summed E-state index contributed by atoms with van der Waals surface area (Å²) in [6, 6.07) is 8.70. The van der Waals surface area contributed by atoms with Crippen LogP contribution in [0.15, 0.2) is 41.5 Å². The van der Waals surface area contributed by atoms with Gasteiger partial charge in [-0.25, -0.2) is 13.8 Å². The van der Waals surface area contributed by atoms with E-state index in [1.165, 1.54) is 24.1 Å². The molecular formula is C20H18F2N2O2. The number of carbonyl (C=O) groups excluding carboxylic acids is 1. The molecule has 6 heteroatoms. The zero-order valence-corrected chi connectivity index (χ0v) is 14.5. The molecule has 0 radical (unpaired) electrons. The number of hydrogen-bond acceptors (Lipinski definition) is 3. The van der Waals surface area contributed by atoms with Crippen LogP contribution in [0.3, 0.4) is 0 Å².